The molecule has 48 heavy (non-hydrogen) atoms. The number of nitrogens with zero attached hydrogens (tertiary/aromatic N) is 5. The molecule has 0 N–H and O–H groups in total. The molecule has 0 bridgehead atoms. The Kier molecular flexibility index (Phi) is 6.18. The van der Waals surface area contributed by atoms with Crippen molar-refractivity contribution in [2.45, 2.75) is 0 Å². The fraction of sp³-hybridized carbons (Fsp3) is 0. The SMILES string of the molecule is N#Cc1ccc2c(c1)c1ccccc1n2-c1cc(-c2ccccc2-c2ccccc2C#N)cc(-n2c3ccccc3c3ccccc32)n1. The topological polar surface area (TPSA) is 70.3 Å². The molecule has 0 atom stereocenters. The first-order valence-electron chi connectivity index (χ1n) is 15.8. The average Bonchev–Trinajstić information content (AvgIpc) is 3.67. The molecular formula is C43H25N5. The van der Waals surface area contributed by atoms with Crippen LogP contribution in [-0.4, -0.2) is 14.1 Å². The Morgan fingerprint density at radius 2 is 0.896 bits per heavy atom. The van der Waals surface area contributed by atoms with Gasteiger partial charge in [0, 0.05) is 27.1 Å². The smallest absolute Gasteiger partial charge is 0.140 e. The number of benzene rings is 6. The fourth-order valence-electron chi connectivity index (χ4n) is 7.13. The zero-order valence-corrected chi connectivity index (χ0v) is 25.7. The summed E-state index contributed by atoms with van der Waals surface area (Å²) in [5.41, 5.74) is 9.17. The average molecular weight is 612 g/mol. The first-order chi connectivity index (χ1) is 23.7. The Labute approximate surface area is 276 Å². The molecule has 3 aromatic heterocycles. The van der Waals surface area contributed by atoms with Crippen LogP contribution in [0.5, 0.6) is 0 Å². The number of para-hydroxylation sites is 3. The van der Waals surface area contributed by atoms with Crippen molar-refractivity contribution in [2.24, 2.45) is 0 Å². The number of nitriles is 2. The minimum atomic E-state index is 0.614. The molecule has 222 valence electrons. The standard InChI is InChI=1S/C43H25N5/c44-26-28-21-22-41-37(23-28)36-17-7-10-20-40(36)48(41)43-25-30(32-13-3-4-14-33(32)31-12-2-1-11-29(31)27-45)24-42(46-43)47-38-18-8-5-15-34(38)35-16-6-9-19-39(35)47/h1-25H. The Bertz CT molecular complexity index is 2770. The van der Waals surface area contributed by atoms with Gasteiger partial charge in [-0.05, 0) is 71.3 Å². The van der Waals surface area contributed by atoms with Crippen molar-refractivity contribution in [3.63, 3.8) is 0 Å². The lowest BCUT2D eigenvalue weighted by molar-refractivity contribution is 1.01. The van der Waals surface area contributed by atoms with Gasteiger partial charge in [0.15, 0.2) is 0 Å². The number of rotatable bonds is 4. The summed E-state index contributed by atoms with van der Waals surface area (Å²) in [6.07, 6.45) is 0. The van der Waals surface area contributed by atoms with E-state index in [2.05, 4.69) is 106 Å². The molecule has 0 aliphatic carbocycles. The van der Waals surface area contributed by atoms with Gasteiger partial charge < -0.3 is 0 Å². The highest BCUT2D eigenvalue weighted by molar-refractivity contribution is 6.10. The van der Waals surface area contributed by atoms with Gasteiger partial charge in [-0.1, -0.05) is 97.1 Å². The molecule has 0 aliphatic heterocycles. The summed E-state index contributed by atoms with van der Waals surface area (Å²) in [6.45, 7) is 0. The zero-order valence-electron chi connectivity index (χ0n) is 25.7. The van der Waals surface area contributed by atoms with E-state index in [1.165, 1.54) is 0 Å². The summed E-state index contributed by atoms with van der Waals surface area (Å²) in [5, 5.41) is 24.1. The molecule has 0 fully saturated rings. The maximum Gasteiger partial charge on any atom is 0.140 e. The van der Waals surface area contributed by atoms with Crippen molar-refractivity contribution in [3.8, 4) is 46.0 Å². The van der Waals surface area contributed by atoms with Crippen molar-refractivity contribution in [1.82, 2.24) is 14.1 Å². The van der Waals surface area contributed by atoms with Gasteiger partial charge in [0.05, 0.1) is 45.3 Å². The van der Waals surface area contributed by atoms with Crippen molar-refractivity contribution >= 4 is 43.6 Å². The summed E-state index contributed by atoms with van der Waals surface area (Å²) in [4.78, 5) is 5.43. The first kappa shape index (κ1) is 27.4. The molecule has 0 unspecified atom stereocenters. The monoisotopic (exact) mass is 611 g/mol. The predicted molar refractivity (Wildman–Crippen MR) is 193 cm³/mol. The van der Waals surface area contributed by atoms with Crippen molar-refractivity contribution in [3.05, 3.63) is 163 Å². The number of hydrogen-bond acceptors (Lipinski definition) is 3. The lowest BCUT2D eigenvalue weighted by atomic mass is 9.92. The van der Waals surface area contributed by atoms with E-state index in [1.54, 1.807) is 0 Å². The Balaban J connectivity index is 1.41. The van der Waals surface area contributed by atoms with Crippen LogP contribution in [0.15, 0.2) is 152 Å². The molecule has 0 saturated heterocycles. The van der Waals surface area contributed by atoms with E-state index in [4.69, 9.17) is 4.98 Å². The lowest BCUT2D eigenvalue weighted by Crippen LogP contribution is -2.04. The van der Waals surface area contributed by atoms with Crippen molar-refractivity contribution < 1.29 is 0 Å². The second-order valence-corrected chi connectivity index (χ2v) is 11.8. The third kappa shape index (κ3) is 4.13. The second kappa shape index (κ2) is 10.8. The molecule has 3 heterocycles. The van der Waals surface area contributed by atoms with Crippen LogP contribution in [0.25, 0.3) is 77.5 Å². The van der Waals surface area contributed by atoms with E-state index in [1.807, 2.05) is 66.7 Å². The Hall–Kier alpha value is -6.95. The summed E-state index contributed by atoms with van der Waals surface area (Å²) < 4.78 is 4.43. The summed E-state index contributed by atoms with van der Waals surface area (Å²) in [6, 6.07) is 56.0. The molecule has 0 amide bonds. The molecule has 9 aromatic rings. The Morgan fingerprint density at radius 3 is 1.48 bits per heavy atom. The first-order valence-corrected chi connectivity index (χ1v) is 15.8. The van der Waals surface area contributed by atoms with Gasteiger partial charge in [-0.25, -0.2) is 4.98 Å². The molecule has 0 radical (unpaired) electrons. The third-order valence-corrected chi connectivity index (χ3v) is 9.21. The maximum atomic E-state index is 10.0. The normalized spacial score (nSPS) is 11.3. The highest BCUT2D eigenvalue weighted by Crippen LogP contribution is 2.39. The number of aromatic nitrogens is 3. The van der Waals surface area contributed by atoms with E-state index in [0.717, 1.165) is 77.5 Å². The molecule has 5 heteroatoms. The van der Waals surface area contributed by atoms with Gasteiger partial charge in [0.2, 0.25) is 0 Å². The molecule has 5 nitrogen and oxygen atoms in total. The number of fused-ring (bicyclic) bond motifs is 6. The summed E-state index contributed by atoms with van der Waals surface area (Å²) >= 11 is 0. The van der Waals surface area contributed by atoms with Gasteiger partial charge in [0.25, 0.3) is 0 Å². The van der Waals surface area contributed by atoms with Crippen molar-refractivity contribution in [2.75, 3.05) is 0 Å². The summed E-state index contributed by atoms with van der Waals surface area (Å²) in [7, 11) is 0. The van der Waals surface area contributed by atoms with Crippen LogP contribution < -0.4 is 0 Å². The van der Waals surface area contributed by atoms with Gasteiger partial charge in [-0.3, -0.25) is 9.13 Å². The molecular weight excluding hydrogens is 587 g/mol. The maximum absolute atomic E-state index is 10.0. The number of hydrogen-bond donors (Lipinski definition) is 0. The van der Waals surface area contributed by atoms with E-state index in [-0.39, 0.29) is 0 Å². The molecule has 9 rings (SSSR count). The van der Waals surface area contributed by atoms with Gasteiger partial charge in [-0.2, -0.15) is 10.5 Å². The largest absolute Gasteiger partial charge is 0.294 e. The van der Waals surface area contributed by atoms with Gasteiger partial charge >= 0.3 is 0 Å². The van der Waals surface area contributed by atoms with Crippen molar-refractivity contribution in [1.29, 1.82) is 10.5 Å². The fourth-order valence-corrected chi connectivity index (χ4v) is 7.13. The van der Waals surface area contributed by atoms with E-state index in [9.17, 15) is 10.5 Å². The Morgan fingerprint density at radius 1 is 0.417 bits per heavy atom. The van der Waals surface area contributed by atoms with E-state index >= 15 is 0 Å². The van der Waals surface area contributed by atoms with Crippen LogP contribution >= 0.6 is 0 Å². The van der Waals surface area contributed by atoms with Crippen LogP contribution in [0.2, 0.25) is 0 Å². The van der Waals surface area contributed by atoms with Crippen LogP contribution in [0.4, 0.5) is 0 Å². The third-order valence-electron chi connectivity index (χ3n) is 9.21. The molecule has 0 aliphatic rings. The lowest BCUT2D eigenvalue weighted by Gasteiger charge is -2.17. The van der Waals surface area contributed by atoms with Crippen LogP contribution in [0, 0.1) is 22.7 Å². The molecule has 0 spiro atoms. The second-order valence-electron chi connectivity index (χ2n) is 11.8. The van der Waals surface area contributed by atoms with E-state index < -0.39 is 0 Å². The van der Waals surface area contributed by atoms with Crippen LogP contribution in [0.1, 0.15) is 11.1 Å². The minimum Gasteiger partial charge on any atom is -0.294 e. The molecule has 6 aromatic carbocycles. The highest BCUT2D eigenvalue weighted by Gasteiger charge is 2.20. The zero-order chi connectivity index (χ0) is 32.2. The molecule has 0 saturated carbocycles. The van der Waals surface area contributed by atoms with E-state index in [0.29, 0.717) is 11.1 Å². The van der Waals surface area contributed by atoms with Gasteiger partial charge in [0.1, 0.15) is 11.6 Å². The summed E-state index contributed by atoms with van der Waals surface area (Å²) in [5.74, 6) is 1.53. The van der Waals surface area contributed by atoms with Gasteiger partial charge in [-0.15, -0.1) is 0 Å². The highest BCUT2D eigenvalue weighted by atomic mass is 15.1. The van der Waals surface area contributed by atoms with Crippen LogP contribution in [-0.2, 0) is 0 Å². The minimum absolute atomic E-state index is 0.614. The quantitative estimate of drug-likeness (QED) is 0.199. The number of pyridine rings is 1. The van der Waals surface area contributed by atoms with Crippen LogP contribution in [0.3, 0.4) is 0 Å². The predicted octanol–water partition coefficient (Wildman–Crippen LogP) is 10.4.